The molecule has 0 N–H and O–H groups in total. The maximum Gasteiger partial charge on any atom is 0.0631 e. The molecule has 1 saturated carbocycles. The number of aromatic nitrogens is 2. The number of alkyl halides is 2. The first-order valence-electron chi connectivity index (χ1n) is 7.27. The molecule has 1 aromatic rings. The molecule has 4 heteroatoms. The molecule has 0 bridgehead atoms. The number of hydrogen-bond acceptors (Lipinski definition) is 1. The molecule has 1 fully saturated rings. The Balaban J connectivity index is 2.09. The first kappa shape index (κ1) is 15.2. The van der Waals surface area contributed by atoms with E-state index in [2.05, 4.69) is 30.8 Å². The fraction of sp³-hybridized carbons (Fsp3) is 0.800. The third-order valence-electron chi connectivity index (χ3n) is 4.65. The van der Waals surface area contributed by atoms with E-state index in [0.717, 1.165) is 12.1 Å². The van der Waals surface area contributed by atoms with Gasteiger partial charge in [-0.25, -0.2) is 0 Å². The molecule has 0 aromatic carbocycles. The zero-order valence-corrected chi connectivity index (χ0v) is 13.4. The van der Waals surface area contributed by atoms with Gasteiger partial charge >= 0.3 is 0 Å². The molecule has 0 unspecified atom stereocenters. The maximum atomic E-state index is 6.18. The Bertz CT molecular complexity index is 391. The van der Waals surface area contributed by atoms with E-state index in [1.54, 1.807) is 0 Å². The summed E-state index contributed by atoms with van der Waals surface area (Å²) in [6.45, 7) is 4.39. The number of halogens is 2. The predicted octanol–water partition coefficient (Wildman–Crippen LogP) is 4.66. The lowest BCUT2D eigenvalue weighted by molar-refractivity contribution is 0.255. The standard InChI is InChI=1S/C15H24Cl2N2/c1-12(2)15(10-16,11-17)9-13-7-8-19(18-13)14-5-3-4-6-14/h7-8,12,14H,3-6,9-11H2,1-2H3. The number of nitrogens with zero attached hydrogens (tertiary/aromatic N) is 2. The molecule has 19 heavy (non-hydrogen) atoms. The smallest absolute Gasteiger partial charge is 0.0631 e. The van der Waals surface area contributed by atoms with Crippen molar-refractivity contribution in [2.75, 3.05) is 11.8 Å². The number of rotatable bonds is 6. The summed E-state index contributed by atoms with van der Waals surface area (Å²) < 4.78 is 2.15. The average molecular weight is 303 g/mol. The van der Waals surface area contributed by atoms with E-state index in [-0.39, 0.29) is 5.41 Å². The van der Waals surface area contributed by atoms with Crippen LogP contribution < -0.4 is 0 Å². The van der Waals surface area contributed by atoms with E-state index >= 15 is 0 Å². The van der Waals surface area contributed by atoms with E-state index in [9.17, 15) is 0 Å². The third kappa shape index (κ3) is 3.28. The highest BCUT2D eigenvalue weighted by Crippen LogP contribution is 2.35. The van der Waals surface area contributed by atoms with Crippen LogP contribution in [0.5, 0.6) is 0 Å². The van der Waals surface area contributed by atoms with Gasteiger partial charge in [0.25, 0.3) is 0 Å². The molecule has 1 heterocycles. The highest BCUT2D eigenvalue weighted by molar-refractivity contribution is 6.21. The fourth-order valence-electron chi connectivity index (χ4n) is 2.85. The highest BCUT2D eigenvalue weighted by atomic mass is 35.5. The van der Waals surface area contributed by atoms with Gasteiger partial charge in [0.05, 0.1) is 11.7 Å². The van der Waals surface area contributed by atoms with Crippen LogP contribution in [0.3, 0.4) is 0 Å². The largest absolute Gasteiger partial charge is 0.269 e. The van der Waals surface area contributed by atoms with Crippen LogP contribution in [0.1, 0.15) is 51.3 Å². The number of hydrogen-bond donors (Lipinski definition) is 0. The Morgan fingerprint density at radius 1 is 1.32 bits per heavy atom. The van der Waals surface area contributed by atoms with Crippen LogP contribution >= 0.6 is 23.2 Å². The zero-order chi connectivity index (χ0) is 13.9. The third-order valence-corrected chi connectivity index (χ3v) is 5.72. The Hall–Kier alpha value is -0.210. The minimum Gasteiger partial charge on any atom is -0.269 e. The minimum atomic E-state index is -0.0437. The Morgan fingerprint density at radius 3 is 2.47 bits per heavy atom. The van der Waals surface area contributed by atoms with Gasteiger partial charge in [-0.3, -0.25) is 4.68 Å². The molecular formula is C15H24Cl2N2. The fourth-order valence-corrected chi connectivity index (χ4v) is 3.94. The second kappa shape index (κ2) is 6.49. The van der Waals surface area contributed by atoms with E-state index < -0.39 is 0 Å². The average Bonchev–Trinajstić information content (AvgIpc) is 3.06. The topological polar surface area (TPSA) is 17.8 Å². The molecule has 0 saturated heterocycles. The molecule has 0 spiro atoms. The first-order valence-corrected chi connectivity index (χ1v) is 8.34. The van der Waals surface area contributed by atoms with Crippen molar-refractivity contribution < 1.29 is 0 Å². The first-order chi connectivity index (χ1) is 9.11. The SMILES string of the molecule is CC(C)C(CCl)(CCl)Cc1ccn(C2CCCC2)n1. The molecule has 0 amide bonds. The molecule has 2 nitrogen and oxygen atoms in total. The van der Waals surface area contributed by atoms with E-state index in [0.29, 0.717) is 23.7 Å². The van der Waals surface area contributed by atoms with Gasteiger partial charge in [0, 0.05) is 23.4 Å². The van der Waals surface area contributed by atoms with Gasteiger partial charge in [0.15, 0.2) is 0 Å². The van der Waals surface area contributed by atoms with Crippen LogP contribution in [0, 0.1) is 11.3 Å². The van der Waals surface area contributed by atoms with E-state index in [4.69, 9.17) is 28.3 Å². The zero-order valence-electron chi connectivity index (χ0n) is 11.9. The molecule has 0 aliphatic heterocycles. The molecule has 2 rings (SSSR count). The summed E-state index contributed by atoms with van der Waals surface area (Å²) in [5, 5.41) is 4.75. The van der Waals surface area contributed by atoms with Crippen molar-refractivity contribution in [3.05, 3.63) is 18.0 Å². The van der Waals surface area contributed by atoms with Gasteiger partial charge < -0.3 is 0 Å². The summed E-state index contributed by atoms with van der Waals surface area (Å²) in [7, 11) is 0. The molecule has 0 radical (unpaired) electrons. The van der Waals surface area contributed by atoms with Gasteiger partial charge in [-0.15, -0.1) is 23.2 Å². The Kier molecular flexibility index (Phi) is 5.19. The van der Waals surface area contributed by atoms with Crippen LogP contribution in [0.15, 0.2) is 12.3 Å². The molecule has 108 valence electrons. The highest BCUT2D eigenvalue weighted by Gasteiger charge is 2.33. The second-order valence-corrected chi connectivity index (χ2v) is 6.72. The van der Waals surface area contributed by atoms with Gasteiger partial charge in [-0.05, 0) is 31.2 Å². The van der Waals surface area contributed by atoms with Crippen LogP contribution in [0.4, 0.5) is 0 Å². The van der Waals surface area contributed by atoms with Crippen molar-refractivity contribution in [1.29, 1.82) is 0 Å². The Morgan fingerprint density at radius 2 is 1.95 bits per heavy atom. The van der Waals surface area contributed by atoms with Crippen molar-refractivity contribution in [3.8, 4) is 0 Å². The lowest BCUT2D eigenvalue weighted by atomic mass is 9.77. The van der Waals surface area contributed by atoms with Gasteiger partial charge in [0.1, 0.15) is 0 Å². The Labute approximate surface area is 126 Å². The van der Waals surface area contributed by atoms with Crippen LogP contribution in [-0.4, -0.2) is 21.5 Å². The van der Waals surface area contributed by atoms with Gasteiger partial charge in [-0.1, -0.05) is 26.7 Å². The maximum absolute atomic E-state index is 6.18. The van der Waals surface area contributed by atoms with E-state index in [1.807, 2.05) is 0 Å². The minimum absolute atomic E-state index is 0.0437. The van der Waals surface area contributed by atoms with Crippen LogP contribution in [0.2, 0.25) is 0 Å². The lowest BCUT2D eigenvalue weighted by Gasteiger charge is -2.33. The van der Waals surface area contributed by atoms with E-state index in [1.165, 1.54) is 25.7 Å². The summed E-state index contributed by atoms with van der Waals surface area (Å²) in [6.07, 6.45) is 8.19. The van der Waals surface area contributed by atoms with Gasteiger partial charge in [-0.2, -0.15) is 5.10 Å². The van der Waals surface area contributed by atoms with Gasteiger partial charge in [0.2, 0.25) is 0 Å². The summed E-state index contributed by atoms with van der Waals surface area (Å²) >= 11 is 12.4. The van der Waals surface area contributed by atoms with Crippen LogP contribution in [0.25, 0.3) is 0 Å². The second-order valence-electron chi connectivity index (χ2n) is 6.19. The van der Waals surface area contributed by atoms with Crippen molar-refractivity contribution >= 4 is 23.2 Å². The molecule has 1 aliphatic rings. The quantitative estimate of drug-likeness (QED) is 0.699. The normalized spacial score (nSPS) is 17.5. The molecule has 0 atom stereocenters. The van der Waals surface area contributed by atoms with Crippen molar-refractivity contribution in [3.63, 3.8) is 0 Å². The summed E-state index contributed by atoms with van der Waals surface area (Å²) in [4.78, 5) is 0. The van der Waals surface area contributed by atoms with Crippen molar-refractivity contribution in [2.24, 2.45) is 11.3 Å². The summed E-state index contributed by atoms with van der Waals surface area (Å²) in [6, 6.07) is 2.74. The summed E-state index contributed by atoms with van der Waals surface area (Å²) in [5.41, 5.74) is 1.08. The van der Waals surface area contributed by atoms with Crippen molar-refractivity contribution in [1.82, 2.24) is 9.78 Å². The summed E-state index contributed by atoms with van der Waals surface area (Å²) in [5.74, 6) is 1.63. The molecule has 1 aromatic heterocycles. The molecular weight excluding hydrogens is 279 g/mol. The lowest BCUT2D eigenvalue weighted by Crippen LogP contribution is -2.34. The predicted molar refractivity (Wildman–Crippen MR) is 82.1 cm³/mol. The molecule has 1 aliphatic carbocycles. The van der Waals surface area contributed by atoms with Crippen molar-refractivity contribution in [2.45, 2.75) is 52.0 Å². The van der Waals surface area contributed by atoms with Crippen LogP contribution in [-0.2, 0) is 6.42 Å². The monoisotopic (exact) mass is 302 g/mol.